The standard InChI is InChI=1S/C11H20N2O3/c1-11(2,3)8(7-9(14)15)13-6-4-5-12-10(13)16/h8H,4-7H2,1-3H3,(H,12,16)(H,14,15). The summed E-state index contributed by atoms with van der Waals surface area (Å²) >= 11 is 0. The average Bonchev–Trinajstić information content (AvgIpc) is 2.13. The molecule has 0 aromatic carbocycles. The molecule has 0 bridgehead atoms. The van der Waals surface area contributed by atoms with E-state index in [1.54, 1.807) is 4.90 Å². The highest BCUT2D eigenvalue weighted by Gasteiger charge is 2.35. The Morgan fingerprint density at radius 2 is 2.19 bits per heavy atom. The smallest absolute Gasteiger partial charge is 0.317 e. The molecule has 1 aliphatic heterocycles. The van der Waals surface area contributed by atoms with E-state index < -0.39 is 5.97 Å². The number of aliphatic carboxylic acids is 1. The minimum absolute atomic E-state index is 0.00306. The van der Waals surface area contributed by atoms with Crippen LogP contribution < -0.4 is 5.32 Å². The van der Waals surface area contributed by atoms with Crippen LogP contribution in [0.15, 0.2) is 0 Å². The molecule has 2 N–H and O–H groups in total. The number of rotatable bonds is 3. The van der Waals surface area contributed by atoms with Gasteiger partial charge in [0.2, 0.25) is 0 Å². The normalized spacial score (nSPS) is 19.2. The van der Waals surface area contributed by atoms with Crippen molar-refractivity contribution >= 4 is 12.0 Å². The summed E-state index contributed by atoms with van der Waals surface area (Å²) < 4.78 is 0. The number of nitrogens with one attached hydrogen (secondary N) is 1. The number of hydrogen-bond donors (Lipinski definition) is 2. The first-order chi connectivity index (χ1) is 7.32. The van der Waals surface area contributed by atoms with Crippen LogP contribution in [0.4, 0.5) is 4.79 Å². The minimum atomic E-state index is -0.863. The average molecular weight is 228 g/mol. The van der Waals surface area contributed by atoms with Gasteiger partial charge in [-0.15, -0.1) is 0 Å². The zero-order chi connectivity index (χ0) is 12.3. The van der Waals surface area contributed by atoms with Crippen LogP contribution in [0, 0.1) is 5.41 Å². The summed E-state index contributed by atoms with van der Waals surface area (Å²) in [4.78, 5) is 24.2. The van der Waals surface area contributed by atoms with Crippen molar-refractivity contribution in [1.29, 1.82) is 0 Å². The minimum Gasteiger partial charge on any atom is -0.481 e. The molecule has 1 atom stereocenters. The first kappa shape index (κ1) is 12.8. The van der Waals surface area contributed by atoms with E-state index in [4.69, 9.17) is 5.11 Å². The van der Waals surface area contributed by atoms with Crippen LogP contribution in [0.25, 0.3) is 0 Å². The molecule has 1 fully saturated rings. The van der Waals surface area contributed by atoms with Gasteiger partial charge in [-0.25, -0.2) is 4.79 Å². The summed E-state index contributed by atoms with van der Waals surface area (Å²) in [6.45, 7) is 7.20. The molecule has 0 aromatic heterocycles. The molecule has 0 saturated carbocycles. The molecule has 92 valence electrons. The molecule has 0 radical (unpaired) electrons. The van der Waals surface area contributed by atoms with Crippen LogP contribution in [-0.2, 0) is 4.79 Å². The zero-order valence-corrected chi connectivity index (χ0v) is 10.1. The lowest BCUT2D eigenvalue weighted by Crippen LogP contribution is -2.55. The van der Waals surface area contributed by atoms with Crippen LogP contribution in [0.1, 0.15) is 33.6 Å². The number of carboxylic acids is 1. The van der Waals surface area contributed by atoms with Gasteiger partial charge in [0.05, 0.1) is 6.42 Å². The fourth-order valence-electron chi connectivity index (χ4n) is 1.99. The van der Waals surface area contributed by atoms with E-state index in [0.29, 0.717) is 13.1 Å². The third kappa shape index (κ3) is 3.12. The van der Waals surface area contributed by atoms with E-state index in [1.807, 2.05) is 20.8 Å². The van der Waals surface area contributed by atoms with Gasteiger partial charge in [0.25, 0.3) is 0 Å². The molecule has 1 rings (SSSR count). The molecule has 1 heterocycles. The fourth-order valence-corrected chi connectivity index (χ4v) is 1.99. The van der Waals surface area contributed by atoms with Crippen LogP contribution in [-0.4, -0.2) is 41.1 Å². The second-order valence-electron chi connectivity index (χ2n) is 5.26. The van der Waals surface area contributed by atoms with Gasteiger partial charge in [0, 0.05) is 19.1 Å². The van der Waals surface area contributed by atoms with Gasteiger partial charge < -0.3 is 15.3 Å². The van der Waals surface area contributed by atoms with Gasteiger partial charge in [-0.1, -0.05) is 20.8 Å². The molecule has 0 aromatic rings. The Balaban J connectivity index is 2.82. The predicted molar refractivity (Wildman–Crippen MR) is 60.2 cm³/mol. The summed E-state index contributed by atoms with van der Waals surface area (Å²) in [7, 11) is 0. The number of carbonyl (C=O) groups is 2. The summed E-state index contributed by atoms with van der Waals surface area (Å²) in [5.41, 5.74) is -0.229. The van der Waals surface area contributed by atoms with E-state index in [1.165, 1.54) is 0 Å². The second-order valence-corrected chi connectivity index (χ2v) is 5.26. The van der Waals surface area contributed by atoms with Gasteiger partial charge in [0.15, 0.2) is 0 Å². The van der Waals surface area contributed by atoms with Crippen molar-refractivity contribution in [3.8, 4) is 0 Å². The number of carboxylic acid groups (broad SMARTS) is 1. The Hall–Kier alpha value is -1.26. The van der Waals surface area contributed by atoms with Gasteiger partial charge >= 0.3 is 12.0 Å². The third-order valence-electron chi connectivity index (χ3n) is 2.86. The highest BCUT2D eigenvalue weighted by molar-refractivity contribution is 5.76. The molecule has 0 aliphatic carbocycles. The molecule has 2 amide bonds. The molecule has 5 heteroatoms. The lowest BCUT2D eigenvalue weighted by atomic mass is 9.83. The van der Waals surface area contributed by atoms with Crippen molar-refractivity contribution in [1.82, 2.24) is 10.2 Å². The Kier molecular flexibility index (Phi) is 3.78. The lowest BCUT2D eigenvalue weighted by molar-refractivity contribution is -0.139. The maximum Gasteiger partial charge on any atom is 0.317 e. The maximum absolute atomic E-state index is 11.7. The third-order valence-corrected chi connectivity index (χ3v) is 2.86. The summed E-state index contributed by atoms with van der Waals surface area (Å²) in [5, 5.41) is 11.7. The van der Waals surface area contributed by atoms with E-state index in [0.717, 1.165) is 6.42 Å². The maximum atomic E-state index is 11.7. The van der Waals surface area contributed by atoms with Gasteiger partial charge in [-0.2, -0.15) is 0 Å². The largest absolute Gasteiger partial charge is 0.481 e. The molecule has 1 aliphatic rings. The molecular formula is C11H20N2O3. The SMILES string of the molecule is CC(C)(C)C(CC(=O)O)N1CCCNC1=O. The van der Waals surface area contributed by atoms with Crippen molar-refractivity contribution in [2.24, 2.45) is 5.41 Å². The van der Waals surface area contributed by atoms with Crippen LogP contribution in [0.2, 0.25) is 0 Å². The van der Waals surface area contributed by atoms with Crippen molar-refractivity contribution in [3.63, 3.8) is 0 Å². The molecule has 16 heavy (non-hydrogen) atoms. The summed E-state index contributed by atoms with van der Waals surface area (Å²) in [6, 6.07) is -0.405. The summed E-state index contributed by atoms with van der Waals surface area (Å²) in [5.74, 6) is -0.863. The topological polar surface area (TPSA) is 69.6 Å². The zero-order valence-electron chi connectivity index (χ0n) is 10.1. The van der Waals surface area contributed by atoms with Crippen LogP contribution in [0.5, 0.6) is 0 Å². The summed E-state index contributed by atoms with van der Waals surface area (Å²) in [6.07, 6.45) is 0.870. The number of urea groups is 1. The lowest BCUT2D eigenvalue weighted by Gasteiger charge is -2.41. The number of carbonyl (C=O) groups excluding carboxylic acids is 1. The van der Waals surface area contributed by atoms with Gasteiger partial charge in [-0.05, 0) is 11.8 Å². The number of amides is 2. The first-order valence-corrected chi connectivity index (χ1v) is 5.58. The Morgan fingerprint density at radius 1 is 1.56 bits per heavy atom. The van der Waals surface area contributed by atoms with Crippen molar-refractivity contribution in [3.05, 3.63) is 0 Å². The molecular weight excluding hydrogens is 208 g/mol. The molecule has 1 unspecified atom stereocenters. The van der Waals surface area contributed by atoms with Crippen molar-refractivity contribution in [2.45, 2.75) is 39.7 Å². The molecule has 0 spiro atoms. The quantitative estimate of drug-likeness (QED) is 0.764. The molecule has 1 saturated heterocycles. The number of hydrogen-bond acceptors (Lipinski definition) is 2. The van der Waals surface area contributed by atoms with Crippen LogP contribution in [0.3, 0.4) is 0 Å². The highest BCUT2D eigenvalue weighted by atomic mass is 16.4. The van der Waals surface area contributed by atoms with E-state index in [2.05, 4.69) is 5.32 Å². The Bertz CT molecular complexity index is 283. The van der Waals surface area contributed by atoms with Gasteiger partial charge in [0.1, 0.15) is 0 Å². The van der Waals surface area contributed by atoms with Crippen molar-refractivity contribution in [2.75, 3.05) is 13.1 Å². The van der Waals surface area contributed by atoms with E-state index >= 15 is 0 Å². The number of nitrogens with zero attached hydrogens (tertiary/aromatic N) is 1. The van der Waals surface area contributed by atoms with E-state index in [9.17, 15) is 9.59 Å². The Labute approximate surface area is 95.8 Å². The predicted octanol–water partition coefficient (Wildman–Crippen LogP) is 1.29. The highest BCUT2D eigenvalue weighted by Crippen LogP contribution is 2.28. The van der Waals surface area contributed by atoms with E-state index in [-0.39, 0.29) is 23.9 Å². The second kappa shape index (κ2) is 4.72. The molecule has 5 nitrogen and oxygen atoms in total. The monoisotopic (exact) mass is 228 g/mol. The fraction of sp³-hybridized carbons (Fsp3) is 0.818. The van der Waals surface area contributed by atoms with Crippen molar-refractivity contribution < 1.29 is 14.7 Å². The first-order valence-electron chi connectivity index (χ1n) is 5.58. The van der Waals surface area contributed by atoms with Gasteiger partial charge in [-0.3, -0.25) is 4.79 Å². The van der Waals surface area contributed by atoms with Crippen LogP contribution >= 0.6 is 0 Å². The Morgan fingerprint density at radius 3 is 2.62 bits per heavy atom.